The maximum absolute atomic E-state index is 11.5. The lowest BCUT2D eigenvalue weighted by atomic mass is 10.1. The first-order valence-corrected chi connectivity index (χ1v) is 10.1. The summed E-state index contributed by atoms with van der Waals surface area (Å²) < 4.78 is 4.97. The average molecular weight is 378 g/mol. The topological polar surface area (TPSA) is 38.3 Å². The SMILES string of the molecule is CCOC(=O)Cc1ccc(NCCCCCC=CC=Cc2ccccc2)cc1. The van der Waals surface area contributed by atoms with Crippen LogP contribution in [0.2, 0.25) is 0 Å². The molecule has 1 N–H and O–H groups in total. The first-order valence-electron chi connectivity index (χ1n) is 10.1. The lowest BCUT2D eigenvalue weighted by Gasteiger charge is -2.07. The molecule has 0 aliphatic rings. The first kappa shape index (κ1) is 21.5. The highest BCUT2D eigenvalue weighted by Gasteiger charge is 2.03. The molecule has 2 aromatic rings. The molecule has 3 heteroatoms. The Bertz CT molecular complexity index is 733. The molecule has 0 amide bonds. The molecule has 3 nitrogen and oxygen atoms in total. The molecular weight excluding hydrogens is 346 g/mol. The number of benzene rings is 2. The van der Waals surface area contributed by atoms with Crippen LogP contribution in [0.3, 0.4) is 0 Å². The van der Waals surface area contributed by atoms with Crippen LogP contribution in [0, 0.1) is 0 Å². The van der Waals surface area contributed by atoms with Gasteiger partial charge in [0.2, 0.25) is 0 Å². The van der Waals surface area contributed by atoms with Crippen LogP contribution in [-0.2, 0) is 16.0 Å². The van der Waals surface area contributed by atoms with E-state index < -0.39 is 0 Å². The van der Waals surface area contributed by atoms with Crippen LogP contribution in [0.4, 0.5) is 5.69 Å². The Morgan fingerprint density at radius 1 is 0.964 bits per heavy atom. The van der Waals surface area contributed by atoms with Crippen molar-refractivity contribution in [2.45, 2.75) is 39.0 Å². The number of rotatable bonds is 12. The third kappa shape index (κ3) is 9.22. The number of hydrogen-bond acceptors (Lipinski definition) is 3. The second-order valence-electron chi connectivity index (χ2n) is 6.65. The van der Waals surface area contributed by atoms with Crippen molar-refractivity contribution in [1.82, 2.24) is 0 Å². The largest absolute Gasteiger partial charge is 0.466 e. The molecule has 0 fully saturated rings. The zero-order valence-corrected chi connectivity index (χ0v) is 16.8. The van der Waals surface area contributed by atoms with E-state index in [9.17, 15) is 4.79 Å². The molecule has 0 aliphatic heterocycles. The summed E-state index contributed by atoms with van der Waals surface area (Å²) in [7, 11) is 0. The number of hydrogen-bond donors (Lipinski definition) is 1. The Morgan fingerprint density at radius 3 is 2.50 bits per heavy atom. The van der Waals surface area contributed by atoms with Crippen molar-refractivity contribution in [2.24, 2.45) is 0 Å². The van der Waals surface area contributed by atoms with Crippen molar-refractivity contribution in [2.75, 3.05) is 18.5 Å². The molecule has 0 radical (unpaired) electrons. The number of carbonyl (C=O) groups excluding carboxylic acids is 1. The summed E-state index contributed by atoms with van der Waals surface area (Å²) >= 11 is 0. The third-order valence-corrected chi connectivity index (χ3v) is 4.32. The van der Waals surface area contributed by atoms with E-state index in [1.54, 1.807) is 0 Å². The summed E-state index contributed by atoms with van der Waals surface area (Å²) in [5.74, 6) is -0.173. The number of esters is 1. The van der Waals surface area contributed by atoms with Gasteiger partial charge in [-0.2, -0.15) is 0 Å². The van der Waals surface area contributed by atoms with Crippen LogP contribution in [0.1, 0.15) is 43.7 Å². The Kier molecular flexibility index (Phi) is 10.3. The fourth-order valence-electron chi connectivity index (χ4n) is 2.82. The van der Waals surface area contributed by atoms with Gasteiger partial charge in [-0.15, -0.1) is 0 Å². The van der Waals surface area contributed by atoms with E-state index in [0.29, 0.717) is 13.0 Å². The molecule has 0 heterocycles. The summed E-state index contributed by atoms with van der Waals surface area (Å²) in [5.41, 5.74) is 3.31. The van der Waals surface area contributed by atoms with E-state index in [2.05, 4.69) is 53.9 Å². The predicted octanol–water partition coefficient (Wildman–Crippen LogP) is 6.03. The monoisotopic (exact) mass is 377 g/mol. The lowest BCUT2D eigenvalue weighted by Crippen LogP contribution is -2.07. The number of carbonyl (C=O) groups is 1. The van der Waals surface area contributed by atoms with Crippen LogP contribution in [-0.4, -0.2) is 19.1 Å². The lowest BCUT2D eigenvalue weighted by molar-refractivity contribution is -0.142. The minimum absolute atomic E-state index is 0.173. The standard InChI is InChI=1S/C25H31NO2/c1-2-28-25(27)21-23-16-18-24(19-17-23)26-20-12-7-5-3-4-6-9-13-22-14-10-8-11-15-22/h4,6,8-11,13-19,26H,2-3,5,7,12,20-21H2,1H3. The van der Waals surface area contributed by atoms with Gasteiger partial charge in [-0.05, 0) is 49.4 Å². The predicted molar refractivity (Wildman–Crippen MR) is 118 cm³/mol. The smallest absolute Gasteiger partial charge is 0.310 e. The maximum Gasteiger partial charge on any atom is 0.310 e. The van der Waals surface area contributed by atoms with Gasteiger partial charge in [0.15, 0.2) is 0 Å². The Labute approximate surface area is 169 Å². The summed E-state index contributed by atoms with van der Waals surface area (Å²) in [5, 5.41) is 3.43. The van der Waals surface area contributed by atoms with Crippen molar-refractivity contribution < 1.29 is 9.53 Å². The van der Waals surface area contributed by atoms with E-state index >= 15 is 0 Å². The molecule has 0 unspecified atom stereocenters. The molecule has 0 aromatic heterocycles. The molecule has 0 aliphatic carbocycles. The van der Waals surface area contributed by atoms with Gasteiger partial charge in [0.25, 0.3) is 0 Å². The molecule has 2 rings (SSSR count). The van der Waals surface area contributed by atoms with Crippen LogP contribution in [0.25, 0.3) is 6.08 Å². The highest BCUT2D eigenvalue weighted by atomic mass is 16.5. The Morgan fingerprint density at radius 2 is 1.75 bits per heavy atom. The first-order chi connectivity index (χ1) is 13.8. The van der Waals surface area contributed by atoms with E-state index in [-0.39, 0.29) is 5.97 Å². The van der Waals surface area contributed by atoms with Gasteiger partial charge in [-0.25, -0.2) is 0 Å². The highest BCUT2D eigenvalue weighted by molar-refractivity contribution is 5.72. The number of ether oxygens (including phenoxy) is 1. The summed E-state index contributed by atoms with van der Waals surface area (Å²) in [6, 6.07) is 18.3. The molecule has 0 atom stereocenters. The third-order valence-electron chi connectivity index (χ3n) is 4.32. The summed E-state index contributed by atoms with van der Waals surface area (Å²) in [4.78, 5) is 11.5. The minimum Gasteiger partial charge on any atom is -0.466 e. The Balaban J connectivity index is 1.52. The number of unbranched alkanes of at least 4 members (excludes halogenated alkanes) is 3. The van der Waals surface area contributed by atoms with Crippen molar-refractivity contribution in [3.63, 3.8) is 0 Å². The van der Waals surface area contributed by atoms with Crippen molar-refractivity contribution in [1.29, 1.82) is 0 Å². The van der Waals surface area contributed by atoms with Gasteiger partial charge >= 0.3 is 5.97 Å². The zero-order chi connectivity index (χ0) is 19.9. The van der Waals surface area contributed by atoms with Crippen LogP contribution in [0.15, 0.2) is 72.8 Å². The zero-order valence-electron chi connectivity index (χ0n) is 16.8. The molecule has 0 saturated heterocycles. The molecule has 0 saturated carbocycles. The fourth-order valence-corrected chi connectivity index (χ4v) is 2.82. The molecule has 148 valence electrons. The van der Waals surface area contributed by atoms with Gasteiger partial charge in [0, 0.05) is 12.2 Å². The molecule has 0 spiro atoms. The maximum atomic E-state index is 11.5. The van der Waals surface area contributed by atoms with Crippen LogP contribution >= 0.6 is 0 Å². The Hall–Kier alpha value is -2.81. The van der Waals surface area contributed by atoms with E-state index in [0.717, 1.165) is 30.6 Å². The van der Waals surface area contributed by atoms with E-state index in [1.807, 2.05) is 37.3 Å². The summed E-state index contributed by atoms with van der Waals surface area (Å²) in [6.07, 6.45) is 13.6. The second-order valence-corrected chi connectivity index (χ2v) is 6.65. The normalized spacial score (nSPS) is 11.2. The van der Waals surface area contributed by atoms with E-state index in [1.165, 1.54) is 18.4 Å². The fraction of sp³-hybridized carbons (Fsp3) is 0.320. The van der Waals surface area contributed by atoms with Crippen LogP contribution < -0.4 is 5.32 Å². The van der Waals surface area contributed by atoms with Crippen molar-refractivity contribution in [3.05, 3.63) is 84.0 Å². The molecule has 28 heavy (non-hydrogen) atoms. The van der Waals surface area contributed by atoms with Gasteiger partial charge < -0.3 is 10.1 Å². The summed E-state index contributed by atoms with van der Waals surface area (Å²) in [6.45, 7) is 3.22. The van der Waals surface area contributed by atoms with Gasteiger partial charge in [-0.1, -0.05) is 73.2 Å². The van der Waals surface area contributed by atoms with Crippen molar-refractivity contribution in [3.8, 4) is 0 Å². The second kappa shape index (κ2) is 13.4. The average Bonchev–Trinajstić information content (AvgIpc) is 2.71. The molecule has 0 bridgehead atoms. The number of nitrogens with one attached hydrogen (secondary N) is 1. The van der Waals surface area contributed by atoms with Crippen molar-refractivity contribution >= 4 is 17.7 Å². The van der Waals surface area contributed by atoms with Gasteiger partial charge in [-0.3, -0.25) is 4.79 Å². The number of allylic oxidation sites excluding steroid dienone is 3. The highest BCUT2D eigenvalue weighted by Crippen LogP contribution is 2.11. The van der Waals surface area contributed by atoms with Gasteiger partial charge in [0.05, 0.1) is 13.0 Å². The van der Waals surface area contributed by atoms with Crippen LogP contribution in [0.5, 0.6) is 0 Å². The van der Waals surface area contributed by atoms with Gasteiger partial charge in [0.1, 0.15) is 0 Å². The number of anilines is 1. The quantitative estimate of drug-likeness (QED) is 0.279. The molecular formula is C25H31NO2. The minimum atomic E-state index is -0.173. The van der Waals surface area contributed by atoms with E-state index in [4.69, 9.17) is 4.74 Å². The molecule has 2 aromatic carbocycles.